The summed E-state index contributed by atoms with van der Waals surface area (Å²) in [4.78, 5) is 0. The smallest absolute Gasteiger partial charge is 0.0920 e. The lowest BCUT2D eigenvalue weighted by Crippen LogP contribution is -2.35. The topological polar surface area (TPSA) is 32.3 Å². The summed E-state index contributed by atoms with van der Waals surface area (Å²) in [7, 11) is 0. The van der Waals surface area contributed by atoms with E-state index >= 15 is 0 Å². The Morgan fingerprint density at radius 1 is 1.78 bits per heavy atom. The average Bonchev–Trinajstić information content (AvgIpc) is 1.84. The van der Waals surface area contributed by atoms with Gasteiger partial charge in [0, 0.05) is 6.54 Å². The van der Waals surface area contributed by atoms with Crippen molar-refractivity contribution >= 4 is 0 Å². The van der Waals surface area contributed by atoms with Gasteiger partial charge in [-0.1, -0.05) is 13.0 Å². The molecule has 0 saturated heterocycles. The lowest BCUT2D eigenvalue weighted by Gasteiger charge is -2.17. The van der Waals surface area contributed by atoms with Crippen LogP contribution in [0.25, 0.3) is 0 Å². The van der Waals surface area contributed by atoms with Crippen LogP contribution in [0.1, 0.15) is 13.8 Å². The van der Waals surface area contributed by atoms with E-state index in [1.54, 1.807) is 6.92 Å². The van der Waals surface area contributed by atoms with Crippen LogP contribution in [0.15, 0.2) is 12.7 Å². The molecule has 0 rings (SSSR count). The molecule has 0 aliphatic rings. The maximum Gasteiger partial charge on any atom is 0.0920 e. The SMILES string of the molecule is C=CC(C)(O)CNCC. The molecule has 9 heavy (non-hydrogen) atoms. The fourth-order valence-corrected chi connectivity index (χ4v) is 0.450. The summed E-state index contributed by atoms with van der Waals surface area (Å²) in [5, 5.41) is 12.3. The number of likely N-dealkylation sites (N-methyl/N-ethyl adjacent to an activating group) is 1. The maximum absolute atomic E-state index is 9.27. The van der Waals surface area contributed by atoms with Crippen LogP contribution in [-0.2, 0) is 0 Å². The average molecular weight is 129 g/mol. The van der Waals surface area contributed by atoms with Crippen molar-refractivity contribution in [3.05, 3.63) is 12.7 Å². The molecule has 0 amide bonds. The molecule has 2 nitrogen and oxygen atoms in total. The van der Waals surface area contributed by atoms with E-state index in [1.807, 2.05) is 6.92 Å². The Bertz CT molecular complexity index is 88.9. The second kappa shape index (κ2) is 3.64. The second-order valence-corrected chi connectivity index (χ2v) is 2.34. The van der Waals surface area contributed by atoms with Gasteiger partial charge in [-0.05, 0) is 13.5 Å². The molecule has 54 valence electrons. The van der Waals surface area contributed by atoms with Crippen LogP contribution in [0, 0.1) is 0 Å². The van der Waals surface area contributed by atoms with Gasteiger partial charge in [-0.25, -0.2) is 0 Å². The highest BCUT2D eigenvalue weighted by atomic mass is 16.3. The van der Waals surface area contributed by atoms with Crippen LogP contribution in [-0.4, -0.2) is 23.8 Å². The van der Waals surface area contributed by atoms with E-state index in [0.717, 1.165) is 6.54 Å². The third kappa shape index (κ3) is 4.18. The first-order valence-corrected chi connectivity index (χ1v) is 3.19. The van der Waals surface area contributed by atoms with Gasteiger partial charge < -0.3 is 10.4 Å². The molecule has 2 N–H and O–H groups in total. The molecule has 1 atom stereocenters. The van der Waals surface area contributed by atoms with Crippen molar-refractivity contribution < 1.29 is 5.11 Å². The molecule has 0 aromatic carbocycles. The van der Waals surface area contributed by atoms with Gasteiger partial charge >= 0.3 is 0 Å². The monoisotopic (exact) mass is 129 g/mol. The van der Waals surface area contributed by atoms with E-state index in [0.29, 0.717) is 6.54 Å². The third-order valence-electron chi connectivity index (χ3n) is 1.17. The predicted molar refractivity (Wildman–Crippen MR) is 39.4 cm³/mol. The maximum atomic E-state index is 9.27. The van der Waals surface area contributed by atoms with Gasteiger partial charge in [0.1, 0.15) is 0 Å². The van der Waals surface area contributed by atoms with E-state index in [9.17, 15) is 5.11 Å². The van der Waals surface area contributed by atoms with Gasteiger partial charge in [-0.3, -0.25) is 0 Å². The molecule has 0 aromatic heterocycles. The van der Waals surface area contributed by atoms with Crippen molar-refractivity contribution in [3.63, 3.8) is 0 Å². The summed E-state index contributed by atoms with van der Waals surface area (Å²) in [6, 6.07) is 0. The van der Waals surface area contributed by atoms with Crippen LogP contribution in [0.4, 0.5) is 0 Å². The molecule has 2 heteroatoms. The highest BCUT2D eigenvalue weighted by Gasteiger charge is 2.12. The second-order valence-electron chi connectivity index (χ2n) is 2.34. The molecule has 1 unspecified atom stereocenters. The minimum absolute atomic E-state index is 0.576. The van der Waals surface area contributed by atoms with E-state index in [4.69, 9.17) is 0 Å². The largest absolute Gasteiger partial charge is 0.385 e. The van der Waals surface area contributed by atoms with E-state index in [-0.39, 0.29) is 0 Å². The summed E-state index contributed by atoms with van der Waals surface area (Å²) in [5.74, 6) is 0. The van der Waals surface area contributed by atoms with Gasteiger partial charge in [0.05, 0.1) is 5.60 Å². The first-order valence-electron chi connectivity index (χ1n) is 3.19. The van der Waals surface area contributed by atoms with Crippen LogP contribution in [0.2, 0.25) is 0 Å². The summed E-state index contributed by atoms with van der Waals surface area (Å²) < 4.78 is 0. The molecule has 0 heterocycles. The van der Waals surface area contributed by atoms with E-state index in [1.165, 1.54) is 6.08 Å². The minimum Gasteiger partial charge on any atom is -0.385 e. The Kier molecular flexibility index (Phi) is 3.50. The first-order chi connectivity index (χ1) is 4.12. The van der Waals surface area contributed by atoms with Gasteiger partial charge in [0.2, 0.25) is 0 Å². The Hall–Kier alpha value is -0.340. The number of hydrogen-bond acceptors (Lipinski definition) is 2. The lowest BCUT2D eigenvalue weighted by atomic mass is 10.1. The Morgan fingerprint density at radius 3 is 2.67 bits per heavy atom. The van der Waals surface area contributed by atoms with Crippen molar-refractivity contribution in [3.8, 4) is 0 Å². The Labute approximate surface area is 56.6 Å². The van der Waals surface area contributed by atoms with Crippen LogP contribution < -0.4 is 5.32 Å². The Morgan fingerprint density at radius 2 is 2.33 bits per heavy atom. The number of nitrogens with one attached hydrogen (secondary N) is 1. The zero-order valence-electron chi connectivity index (χ0n) is 6.15. The number of hydrogen-bond donors (Lipinski definition) is 2. The molecule has 0 fully saturated rings. The molecule has 0 bridgehead atoms. The van der Waals surface area contributed by atoms with Crippen LogP contribution in [0.5, 0.6) is 0 Å². The zero-order chi connectivity index (χ0) is 7.33. The zero-order valence-corrected chi connectivity index (χ0v) is 6.15. The lowest BCUT2D eigenvalue weighted by molar-refractivity contribution is 0.111. The Balaban J connectivity index is 3.45. The van der Waals surface area contributed by atoms with Crippen molar-refractivity contribution in [2.45, 2.75) is 19.4 Å². The van der Waals surface area contributed by atoms with Gasteiger partial charge in [0.15, 0.2) is 0 Å². The summed E-state index contributed by atoms with van der Waals surface area (Å²) in [6.07, 6.45) is 1.54. The molecule has 0 radical (unpaired) electrons. The van der Waals surface area contributed by atoms with E-state index in [2.05, 4.69) is 11.9 Å². The van der Waals surface area contributed by atoms with Crippen molar-refractivity contribution in [1.82, 2.24) is 5.32 Å². The summed E-state index contributed by atoms with van der Waals surface area (Å²) >= 11 is 0. The normalized spacial score (nSPS) is 16.8. The molecule has 0 aliphatic heterocycles. The molecule has 0 spiro atoms. The van der Waals surface area contributed by atoms with Crippen molar-refractivity contribution in [1.29, 1.82) is 0 Å². The third-order valence-corrected chi connectivity index (χ3v) is 1.17. The number of aliphatic hydroxyl groups is 1. The van der Waals surface area contributed by atoms with E-state index < -0.39 is 5.60 Å². The molecular weight excluding hydrogens is 114 g/mol. The van der Waals surface area contributed by atoms with Crippen LogP contribution >= 0.6 is 0 Å². The summed E-state index contributed by atoms with van der Waals surface area (Å²) in [6.45, 7) is 8.67. The highest BCUT2D eigenvalue weighted by molar-refractivity contribution is 4.93. The van der Waals surface area contributed by atoms with Crippen molar-refractivity contribution in [2.75, 3.05) is 13.1 Å². The van der Waals surface area contributed by atoms with Gasteiger partial charge in [-0.15, -0.1) is 6.58 Å². The number of rotatable bonds is 4. The quantitative estimate of drug-likeness (QED) is 0.543. The van der Waals surface area contributed by atoms with Crippen LogP contribution in [0.3, 0.4) is 0 Å². The molecule has 0 aromatic rings. The standard InChI is InChI=1S/C7H15NO/c1-4-7(3,9)6-8-5-2/h4,8-9H,1,5-6H2,2-3H3. The molecule has 0 saturated carbocycles. The van der Waals surface area contributed by atoms with Gasteiger partial charge in [-0.2, -0.15) is 0 Å². The minimum atomic E-state index is -0.754. The fourth-order valence-electron chi connectivity index (χ4n) is 0.450. The molecule has 0 aliphatic carbocycles. The van der Waals surface area contributed by atoms with Gasteiger partial charge in [0.25, 0.3) is 0 Å². The predicted octanol–water partition coefficient (Wildman–Crippen LogP) is 0.533. The first kappa shape index (κ1) is 8.66. The van der Waals surface area contributed by atoms with Crippen molar-refractivity contribution in [2.24, 2.45) is 0 Å². The fraction of sp³-hybridized carbons (Fsp3) is 0.714. The highest BCUT2D eigenvalue weighted by Crippen LogP contribution is 2.00. The summed E-state index contributed by atoms with van der Waals surface area (Å²) in [5.41, 5.74) is -0.754. The molecular formula is C7H15NO.